The van der Waals surface area contributed by atoms with Gasteiger partial charge in [0.2, 0.25) is 5.95 Å². The molecule has 0 fully saturated rings. The number of aromatic nitrogens is 2. The van der Waals surface area contributed by atoms with Crippen LogP contribution >= 0.6 is 11.6 Å². The molecule has 0 aromatic carbocycles. The van der Waals surface area contributed by atoms with Crippen LogP contribution in [0.1, 0.15) is 6.92 Å². The molecule has 5 nitrogen and oxygen atoms in total. The van der Waals surface area contributed by atoms with Gasteiger partial charge in [0.1, 0.15) is 6.04 Å². The lowest BCUT2D eigenvalue weighted by Crippen LogP contribution is -2.26. The number of carbonyl (C=O) groups is 1. The number of nitrogens with one attached hydrogen (secondary N) is 1. The van der Waals surface area contributed by atoms with Crippen molar-refractivity contribution < 1.29 is 9.90 Å². The molecule has 0 aliphatic carbocycles. The van der Waals surface area contributed by atoms with Crippen molar-refractivity contribution in [3.05, 3.63) is 17.4 Å². The van der Waals surface area contributed by atoms with E-state index < -0.39 is 12.0 Å². The summed E-state index contributed by atoms with van der Waals surface area (Å²) in [4.78, 5) is 18.0. The molecule has 0 saturated carbocycles. The summed E-state index contributed by atoms with van der Waals surface area (Å²) in [6, 6.07) is -0.721. The number of carboxylic acids is 1. The van der Waals surface area contributed by atoms with E-state index in [9.17, 15) is 4.79 Å². The largest absolute Gasteiger partial charge is 0.480 e. The van der Waals surface area contributed by atoms with E-state index in [0.29, 0.717) is 5.02 Å². The maximum absolute atomic E-state index is 10.4. The minimum atomic E-state index is -0.960. The number of aliphatic carboxylic acids is 1. The van der Waals surface area contributed by atoms with Crippen LogP contribution in [0.3, 0.4) is 0 Å². The molecule has 0 aliphatic heterocycles. The Bertz CT molecular complexity index is 301. The Morgan fingerprint density at radius 1 is 1.62 bits per heavy atom. The number of hydrogen-bond acceptors (Lipinski definition) is 4. The van der Waals surface area contributed by atoms with Gasteiger partial charge in [-0.05, 0) is 6.92 Å². The van der Waals surface area contributed by atoms with Crippen LogP contribution in [0, 0.1) is 0 Å². The van der Waals surface area contributed by atoms with Gasteiger partial charge in [0.25, 0.3) is 0 Å². The molecule has 1 aromatic heterocycles. The smallest absolute Gasteiger partial charge is 0.325 e. The summed E-state index contributed by atoms with van der Waals surface area (Å²) in [6.07, 6.45) is 2.79. The van der Waals surface area contributed by atoms with Gasteiger partial charge in [0.05, 0.1) is 17.4 Å². The minimum absolute atomic E-state index is 0.249. The Balaban J connectivity index is 2.64. The van der Waals surface area contributed by atoms with Crippen LogP contribution in [0.25, 0.3) is 0 Å². The number of rotatable bonds is 3. The molecule has 0 radical (unpaired) electrons. The molecule has 0 spiro atoms. The van der Waals surface area contributed by atoms with Crippen molar-refractivity contribution in [1.29, 1.82) is 0 Å². The molecule has 0 unspecified atom stereocenters. The van der Waals surface area contributed by atoms with Crippen molar-refractivity contribution >= 4 is 23.5 Å². The van der Waals surface area contributed by atoms with E-state index in [1.54, 1.807) is 0 Å². The molecule has 0 saturated heterocycles. The molecular weight excluding hydrogens is 194 g/mol. The number of nitrogens with zero attached hydrogens (tertiary/aromatic N) is 2. The van der Waals surface area contributed by atoms with Crippen LogP contribution in [-0.2, 0) is 4.79 Å². The second-order valence-electron chi connectivity index (χ2n) is 2.43. The molecule has 6 heteroatoms. The fourth-order valence-corrected chi connectivity index (χ4v) is 0.740. The van der Waals surface area contributed by atoms with Crippen molar-refractivity contribution in [2.45, 2.75) is 13.0 Å². The Morgan fingerprint density at radius 2 is 2.15 bits per heavy atom. The van der Waals surface area contributed by atoms with Crippen molar-refractivity contribution in [1.82, 2.24) is 9.97 Å². The number of carboxylic acid groups (broad SMARTS) is 1. The van der Waals surface area contributed by atoms with Crippen molar-refractivity contribution in [2.75, 3.05) is 5.32 Å². The third kappa shape index (κ3) is 2.87. The van der Waals surface area contributed by atoms with Gasteiger partial charge in [-0.2, -0.15) is 0 Å². The molecule has 13 heavy (non-hydrogen) atoms. The average Bonchev–Trinajstić information content (AvgIpc) is 2.08. The van der Waals surface area contributed by atoms with Gasteiger partial charge in [-0.1, -0.05) is 11.6 Å². The highest BCUT2D eigenvalue weighted by Crippen LogP contribution is 2.06. The quantitative estimate of drug-likeness (QED) is 0.764. The zero-order valence-corrected chi connectivity index (χ0v) is 7.62. The highest BCUT2D eigenvalue weighted by atomic mass is 35.5. The van der Waals surface area contributed by atoms with E-state index in [2.05, 4.69) is 15.3 Å². The van der Waals surface area contributed by atoms with E-state index in [-0.39, 0.29) is 5.95 Å². The van der Waals surface area contributed by atoms with Gasteiger partial charge in [-0.3, -0.25) is 4.79 Å². The number of anilines is 1. The normalized spacial score (nSPS) is 12.2. The maximum Gasteiger partial charge on any atom is 0.325 e. The van der Waals surface area contributed by atoms with Crippen LogP contribution in [0.15, 0.2) is 12.4 Å². The van der Waals surface area contributed by atoms with E-state index in [4.69, 9.17) is 16.7 Å². The summed E-state index contributed by atoms with van der Waals surface area (Å²) in [5.41, 5.74) is 0. The van der Waals surface area contributed by atoms with Crippen molar-refractivity contribution in [3.8, 4) is 0 Å². The summed E-state index contributed by atoms with van der Waals surface area (Å²) < 4.78 is 0. The molecule has 70 valence electrons. The second-order valence-corrected chi connectivity index (χ2v) is 2.87. The summed E-state index contributed by atoms with van der Waals surface area (Å²) in [5.74, 6) is -0.710. The summed E-state index contributed by atoms with van der Waals surface area (Å²) in [6.45, 7) is 1.50. The summed E-state index contributed by atoms with van der Waals surface area (Å²) in [7, 11) is 0. The van der Waals surface area contributed by atoms with Gasteiger partial charge < -0.3 is 10.4 Å². The highest BCUT2D eigenvalue weighted by molar-refractivity contribution is 6.30. The zero-order valence-electron chi connectivity index (χ0n) is 6.86. The predicted octanol–water partition coefficient (Wildman–Crippen LogP) is 1.01. The molecule has 2 N–H and O–H groups in total. The fourth-order valence-electron chi connectivity index (χ4n) is 0.642. The maximum atomic E-state index is 10.4. The van der Waals surface area contributed by atoms with Crippen LogP contribution < -0.4 is 5.32 Å². The number of halogens is 1. The first kappa shape index (κ1) is 9.73. The van der Waals surface area contributed by atoms with E-state index in [1.165, 1.54) is 19.3 Å². The van der Waals surface area contributed by atoms with Crippen LogP contribution in [0.4, 0.5) is 5.95 Å². The molecule has 0 amide bonds. The van der Waals surface area contributed by atoms with E-state index in [0.717, 1.165) is 0 Å². The standard InChI is InChI=1S/C7H8ClN3O2/c1-4(6(12)13)11-7-9-2-5(8)3-10-7/h2-4H,1H3,(H,12,13)(H,9,10,11)/t4-/m1/s1. The van der Waals surface area contributed by atoms with Gasteiger partial charge in [0.15, 0.2) is 0 Å². The molecule has 0 bridgehead atoms. The lowest BCUT2D eigenvalue weighted by Gasteiger charge is -2.07. The van der Waals surface area contributed by atoms with Crippen LogP contribution in [-0.4, -0.2) is 27.1 Å². The third-order valence-corrected chi connectivity index (χ3v) is 1.53. The molecule has 0 aliphatic rings. The lowest BCUT2D eigenvalue weighted by molar-refractivity contribution is -0.137. The van der Waals surface area contributed by atoms with Gasteiger partial charge in [-0.15, -0.1) is 0 Å². The van der Waals surface area contributed by atoms with Crippen LogP contribution in [0.2, 0.25) is 5.02 Å². The molecule has 1 aromatic rings. The van der Waals surface area contributed by atoms with Gasteiger partial charge >= 0.3 is 5.97 Å². The van der Waals surface area contributed by atoms with Crippen molar-refractivity contribution in [2.24, 2.45) is 0 Å². The fraction of sp³-hybridized carbons (Fsp3) is 0.286. The predicted molar refractivity (Wildman–Crippen MR) is 47.8 cm³/mol. The Hall–Kier alpha value is -1.36. The van der Waals surface area contributed by atoms with E-state index >= 15 is 0 Å². The number of hydrogen-bond donors (Lipinski definition) is 2. The third-order valence-electron chi connectivity index (χ3n) is 1.34. The van der Waals surface area contributed by atoms with Gasteiger partial charge in [0, 0.05) is 0 Å². The lowest BCUT2D eigenvalue weighted by atomic mass is 10.3. The van der Waals surface area contributed by atoms with Gasteiger partial charge in [-0.25, -0.2) is 9.97 Å². The SMILES string of the molecule is C[C@@H](Nc1ncc(Cl)cn1)C(=O)O. The Labute approximate surface area is 79.8 Å². The zero-order chi connectivity index (χ0) is 9.84. The first-order valence-corrected chi connectivity index (χ1v) is 3.94. The van der Waals surface area contributed by atoms with Crippen molar-refractivity contribution in [3.63, 3.8) is 0 Å². The summed E-state index contributed by atoms with van der Waals surface area (Å²) in [5, 5.41) is 11.6. The molecule has 1 rings (SSSR count). The topological polar surface area (TPSA) is 75.1 Å². The van der Waals surface area contributed by atoms with Crippen LogP contribution in [0.5, 0.6) is 0 Å². The monoisotopic (exact) mass is 201 g/mol. The minimum Gasteiger partial charge on any atom is -0.480 e. The Morgan fingerprint density at radius 3 is 2.62 bits per heavy atom. The molecular formula is C7H8ClN3O2. The summed E-state index contributed by atoms with van der Waals surface area (Å²) >= 11 is 5.54. The molecule has 1 atom stereocenters. The highest BCUT2D eigenvalue weighted by Gasteiger charge is 2.10. The average molecular weight is 202 g/mol. The first-order valence-electron chi connectivity index (χ1n) is 3.56. The second kappa shape index (κ2) is 4.04. The Kier molecular flexibility index (Phi) is 3.02. The molecule has 1 heterocycles. The first-order chi connectivity index (χ1) is 6.09. The van der Waals surface area contributed by atoms with E-state index in [1.807, 2.05) is 0 Å².